The van der Waals surface area contributed by atoms with E-state index in [1.807, 2.05) is 30.3 Å². The Morgan fingerprint density at radius 1 is 1.25 bits per heavy atom. The van der Waals surface area contributed by atoms with Gasteiger partial charge in [-0.25, -0.2) is 4.79 Å². The van der Waals surface area contributed by atoms with Crippen LogP contribution in [0.2, 0.25) is 0 Å². The van der Waals surface area contributed by atoms with Gasteiger partial charge in [-0.2, -0.15) is 0 Å². The third-order valence-electron chi connectivity index (χ3n) is 4.31. The normalized spacial score (nSPS) is 18.2. The van der Waals surface area contributed by atoms with Gasteiger partial charge in [0.05, 0.1) is 11.7 Å². The predicted molar refractivity (Wildman–Crippen MR) is 101 cm³/mol. The molecular weight excluding hydrogens is 366 g/mol. The molecule has 3 N–H and O–H groups in total. The van der Waals surface area contributed by atoms with Gasteiger partial charge in [-0.15, -0.1) is 0 Å². The van der Waals surface area contributed by atoms with E-state index >= 15 is 0 Å². The number of para-hydroxylation sites is 1. The van der Waals surface area contributed by atoms with Gasteiger partial charge in [0.15, 0.2) is 0 Å². The van der Waals surface area contributed by atoms with Crippen LogP contribution in [0.5, 0.6) is 0 Å². The molecule has 1 saturated heterocycles. The van der Waals surface area contributed by atoms with Crippen LogP contribution in [0.3, 0.4) is 0 Å². The molecule has 0 aromatic heterocycles. The SMILES string of the molecule is Cc1cccc(C(NC(=O)Nc2ccccc2Br)[C@@H]2CCCN2)c1. The first kappa shape index (κ1) is 17.0. The highest BCUT2D eigenvalue weighted by Crippen LogP contribution is 2.25. The predicted octanol–water partition coefficient (Wildman–Crippen LogP) is 4.37. The Morgan fingerprint density at radius 2 is 2.08 bits per heavy atom. The lowest BCUT2D eigenvalue weighted by Gasteiger charge is -2.26. The van der Waals surface area contributed by atoms with E-state index in [9.17, 15) is 4.79 Å². The molecule has 2 aromatic rings. The molecule has 1 aliphatic rings. The van der Waals surface area contributed by atoms with E-state index in [1.54, 1.807) is 0 Å². The third-order valence-corrected chi connectivity index (χ3v) is 5.00. The van der Waals surface area contributed by atoms with Crippen LogP contribution >= 0.6 is 15.9 Å². The number of hydrogen-bond acceptors (Lipinski definition) is 2. The number of urea groups is 1. The molecule has 0 saturated carbocycles. The summed E-state index contributed by atoms with van der Waals surface area (Å²) in [5.74, 6) is 0. The van der Waals surface area contributed by atoms with Crippen LogP contribution < -0.4 is 16.0 Å². The highest BCUT2D eigenvalue weighted by Gasteiger charge is 2.27. The number of carbonyl (C=O) groups is 1. The molecule has 1 heterocycles. The summed E-state index contributed by atoms with van der Waals surface area (Å²) >= 11 is 3.46. The Balaban J connectivity index is 1.76. The molecule has 1 aliphatic heterocycles. The van der Waals surface area contributed by atoms with E-state index in [0.29, 0.717) is 0 Å². The maximum Gasteiger partial charge on any atom is 0.319 e. The topological polar surface area (TPSA) is 53.2 Å². The number of aryl methyl sites for hydroxylation is 1. The fourth-order valence-electron chi connectivity index (χ4n) is 3.14. The average molecular weight is 388 g/mol. The van der Waals surface area contributed by atoms with Crippen molar-refractivity contribution in [3.05, 3.63) is 64.1 Å². The van der Waals surface area contributed by atoms with Crippen LogP contribution in [0, 0.1) is 6.92 Å². The third kappa shape index (κ3) is 4.16. The summed E-state index contributed by atoms with van der Waals surface area (Å²) in [5, 5.41) is 9.57. The molecule has 5 heteroatoms. The van der Waals surface area contributed by atoms with Crippen molar-refractivity contribution in [2.24, 2.45) is 0 Å². The standard InChI is InChI=1S/C19H22BrN3O/c1-13-6-4-7-14(12-13)18(17-10-5-11-21-17)23-19(24)22-16-9-3-2-8-15(16)20/h2-4,6-9,12,17-18,21H,5,10-11H2,1H3,(H2,22,23,24)/t17-,18?/m0/s1. The molecular formula is C19H22BrN3O. The quantitative estimate of drug-likeness (QED) is 0.729. The van der Waals surface area contributed by atoms with E-state index in [4.69, 9.17) is 0 Å². The van der Waals surface area contributed by atoms with Crippen molar-refractivity contribution in [3.8, 4) is 0 Å². The van der Waals surface area contributed by atoms with Gasteiger partial charge in [-0.1, -0.05) is 42.0 Å². The van der Waals surface area contributed by atoms with E-state index < -0.39 is 0 Å². The van der Waals surface area contributed by atoms with Crippen molar-refractivity contribution in [1.29, 1.82) is 0 Å². The fourth-order valence-corrected chi connectivity index (χ4v) is 3.52. The van der Waals surface area contributed by atoms with Gasteiger partial charge < -0.3 is 16.0 Å². The molecule has 2 aromatic carbocycles. The van der Waals surface area contributed by atoms with Gasteiger partial charge in [0.1, 0.15) is 0 Å². The Bertz CT molecular complexity index is 713. The van der Waals surface area contributed by atoms with Crippen LogP contribution in [-0.2, 0) is 0 Å². The van der Waals surface area contributed by atoms with E-state index in [2.05, 4.69) is 57.0 Å². The summed E-state index contributed by atoms with van der Waals surface area (Å²) in [4.78, 5) is 12.5. The molecule has 1 unspecified atom stereocenters. The van der Waals surface area contributed by atoms with Crippen molar-refractivity contribution in [3.63, 3.8) is 0 Å². The lowest BCUT2D eigenvalue weighted by molar-refractivity contribution is 0.245. The average Bonchev–Trinajstić information content (AvgIpc) is 3.09. The second kappa shape index (κ2) is 7.81. The summed E-state index contributed by atoms with van der Waals surface area (Å²) in [6.45, 7) is 3.07. The Hall–Kier alpha value is -1.85. The van der Waals surface area contributed by atoms with Crippen molar-refractivity contribution < 1.29 is 4.79 Å². The lowest BCUT2D eigenvalue weighted by atomic mass is 9.97. The first-order valence-electron chi connectivity index (χ1n) is 8.25. The monoisotopic (exact) mass is 387 g/mol. The van der Waals surface area contributed by atoms with Crippen molar-refractivity contribution in [2.45, 2.75) is 31.8 Å². The maximum absolute atomic E-state index is 12.5. The molecule has 2 amide bonds. The Morgan fingerprint density at radius 3 is 2.79 bits per heavy atom. The highest BCUT2D eigenvalue weighted by atomic mass is 79.9. The Labute approximate surface area is 151 Å². The zero-order chi connectivity index (χ0) is 16.9. The maximum atomic E-state index is 12.5. The molecule has 3 rings (SSSR count). The van der Waals surface area contributed by atoms with Gasteiger partial charge in [-0.05, 0) is 59.9 Å². The smallest absolute Gasteiger partial charge is 0.319 e. The van der Waals surface area contributed by atoms with Crippen LogP contribution in [0.4, 0.5) is 10.5 Å². The Kier molecular flexibility index (Phi) is 5.53. The molecule has 0 radical (unpaired) electrons. The number of amides is 2. The minimum atomic E-state index is -0.192. The number of carbonyl (C=O) groups excluding carboxylic acids is 1. The summed E-state index contributed by atoms with van der Waals surface area (Å²) < 4.78 is 0.867. The van der Waals surface area contributed by atoms with Gasteiger partial charge >= 0.3 is 6.03 Å². The molecule has 0 spiro atoms. The second-order valence-corrected chi connectivity index (χ2v) is 7.03. The van der Waals surface area contributed by atoms with Gasteiger partial charge in [0, 0.05) is 10.5 Å². The summed E-state index contributed by atoms with van der Waals surface area (Å²) in [7, 11) is 0. The molecule has 24 heavy (non-hydrogen) atoms. The summed E-state index contributed by atoms with van der Waals surface area (Å²) in [6, 6.07) is 16.0. The largest absolute Gasteiger partial charge is 0.329 e. The van der Waals surface area contributed by atoms with Crippen LogP contribution in [-0.4, -0.2) is 18.6 Å². The molecule has 126 valence electrons. The highest BCUT2D eigenvalue weighted by molar-refractivity contribution is 9.10. The number of hydrogen-bond donors (Lipinski definition) is 3. The van der Waals surface area contributed by atoms with Crippen LogP contribution in [0.25, 0.3) is 0 Å². The molecule has 0 bridgehead atoms. The number of anilines is 1. The zero-order valence-electron chi connectivity index (χ0n) is 13.7. The molecule has 2 atom stereocenters. The summed E-state index contributed by atoms with van der Waals surface area (Å²) in [6.07, 6.45) is 2.20. The van der Waals surface area contributed by atoms with Crippen LogP contribution in [0.15, 0.2) is 53.0 Å². The minimum Gasteiger partial charge on any atom is -0.329 e. The summed E-state index contributed by atoms with van der Waals surface area (Å²) in [5.41, 5.74) is 3.09. The fraction of sp³-hybridized carbons (Fsp3) is 0.316. The van der Waals surface area contributed by atoms with E-state index in [1.165, 1.54) is 5.56 Å². The second-order valence-electron chi connectivity index (χ2n) is 6.17. The van der Waals surface area contributed by atoms with Gasteiger partial charge in [0.25, 0.3) is 0 Å². The number of rotatable bonds is 4. The first-order chi connectivity index (χ1) is 11.6. The van der Waals surface area contributed by atoms with Gasteiger partial charge in [-0.3, -0.25) is 0 Å². The van der Waals surface area contributed by atoms with E-state index in [-0.39, 0.29) is 18.1 Å². The van der Waals surface area contributed by atoms with Gasteiger partial charge in [0.2, 0.25) is 0 Å². The van der Waals surface area contributed by atoms with Crippen molar-refractivity contribution in [2.75, 3.05) is 11.9 Å². The number of benzene rings is 2. The molecule has 4 nitrogen and oxygen atoms in total. The van der Waals surface area contributed by atoms with E-state index in [0.717, 1.165) is 35.1 Å². The van der Waals surface area contributed by atoms with Crippen molar-refractivity contribution >= 4 is 27.6 Å². The number of halogens is 1. The molecule has 0 aliphatic carbocycles. The molecule has 1 fully saturated rings. The minimum absolute atomic E-state index is 0.0464. The lowest BCUT2D eigenvalue weighted by Crippen LogP contribution is -2.42. The first-order valence-corrected chi connectivity index (χ1v) is 9.05. The zero-order valence-corrected chi connectivity index (χ0v) is 15.3. The number of nitrogens with one attached hydrogen (secondary N) is 3. The van der Waals surface area contributed by atoms with Crippen molar-refractivity contribution in [1.82, 2.24) is 10.6 Å². The van der Waals surface area contributed by atoms with Crippen LogP contribution in [0.1, 0.15) is 30.0 Å².